The zero-order valence-electron chi connectivity index (χ0n) is 28.6. The van der Waals surface area contributed by atoms with Crippen LogP contribution in [0.5, 0.6) is 17.2 Å². The third-order valence-electron chi connectivity index (χ3n) is 11.1. The van der Waals surface area contributed by atoms with Crippen LogP contribution >= 0.6 is 0 Å². The normalized spacial score (nSPS) is 28.6. The molecule has 9 atom stereocenters. The molecule has 2 saturated heterocycles. The molecule has 52 heavy (non-hydrogen) atoms. The van der Waals surface area contributed by atoms with E-state index in [0.29, 0.717) is 29.4 Å². The number of benzene rings is 3. The molecule has 4 aliphatic rings. The number of rotatable bonds is 9. The van der Waals surface area contributed by atoms with Crippen molar-refractivity contribution >= 4 is 40.2 Å². The zero-order chi connectivity index (χ0) is 37.4. The average molecular weight is 718 g/mol. The van der Waals surface area contributed by atoms with Crippen LogP contribution in [-0.4, -0.2) is 91.6 Å². The summed E-state index contributed by atoms with van der Waals surface area (Å²) in [6.07, 6.45) is -5.14. The quantitative estimate of drug-likeness (QED) is 0.175. The first kappa shape index (κ1) is 35.4. The number of aromatic hydroxyl groups is 2. The monoisotopic (exact) mass is 717 g/mol. The molecule has 7 rings (SSSR count). The number of ether oxygens (including phenoxy) is 3. The molecule has 274 valence electrons. The van der Waals surface area contributed by atoms with Crippen LogP contribution in [0.4, 0.5) is 0 Å². The number of carboxylic acid groups (broad SMARTS) is 2. The summed E-state index contributed by atoms with van der Waals surface area (Å²) in [7, 11) is 0. The van der Waals surface area contributed by atoms with E-state index in [9.17, 15) is 39.9 Å². The van der Waals surface area contributed by atoms with Crippen molar-refractivity contribution in [1.29, 1.82) is 0 Å². The summed E-state index contributed by atoms with van der Waals surface area (Å²) in [6.45, 7) is 4.41. The molecule has 3 aromatic rings. The number of aliphatic hydroxyl groups is 1. The maximum Gasteiger partial charge on any atom is 0.307 e. The second kappa shape index (κ2) is 12.9. The summed E-state index contributed by atoms with van der Waals surface area (Å²) in [4.78, 5) is 65.4. The highest BCUT2D eigenvalue weighted by atomic mass is 16.6. The second-order valence-electron chi connectivity index (χ2n) is 14.3. The molecule has 1 aliphatic carbocycles. The number of aliphatic hydroxyl groups excluding tert-OH is 1. The molecule has 0 saturated carbocycles. The first-order valence-electron chi connectivity index (χ1n) is 17.2. The third kappa shape index (κ3) is 5.47. The maximum absolute atomic E-state index is 15.2. The second-order valence-corrected chi connectivity index (χ2v) is 14.3. The Bertz CT molecular complexity index is 2020. The lowest BCUT2D eigenvalue weighted by atomic mass is 9.52. The number of ketones is 2. The Morgan fingerprint density at radius 3 is 2.42 bits per heavy atom. The minimum absolute atomic E-state index is 0.0200. The number of carbonyl (C=O) groups is 5. The first-order valence-corrected chi connectivity index (χ1v) is 17.2. The fourth-order valence-electron chi connectivity index (χ4n) is 9.02. The maximum atomic E-state index is 15.2. The van der Waals surface area contributed by atoms with Crippen LogP contribution in [0.25, 0.3) is 10.8 Å². The Balaban J connectivity index is 1.41. The van der Waals surface area contributed by atoms with E-state index in [0.717, 1.165) is 6.92 Å². The van der Waals surface area contributed by atoms with E-state index in [1.54, 1.807) is 38.1 Å². The van der Waals surface area contributed by atoms with Gasteiger partial charge in [0.05, 0.1) is 41.9 Å². The van der Waals surface area contributed by atoms with E-state index in [-0.39, 0.29) is 46.0 Å². The van der Waals surface area contributed by atoms with Gasteiger partial charge in [-0.25, -0.2) is 0 Å². The van der Waals surface area contributed by atoms with Crippen molar-refractivity contribution in [3.8, 4) is 17.2 Å². The topological polar surface area (TPSA) is 226 Å². The molecule has 3 aliphatic heterocycles. The lowest BCUT2D eigenvalue weighted by Gasteiger charge is -2.57. The van der Waals surface area contributed by atoms with Crippen molar-refractivity contribution in [3.05, 3.63) is 64.2 Å². The highest BCUT2D eigenvalue weighted by Gasteiger charge is 2.69. The predicted octanol–water partition coefficient (Wildman–Crippen LogP) is 3.33. The Hall–Kier alpha value is -5.05. The van der Waals surface area contributed by atoms with E-state index < -0.39 is 96.0 Å². The highest BCUT2D eigenvalue weighted by molar-refractivity contribution is 6.23. The number of phenols is 2. The number of hydrogen-bond donors (Lipinski definition) is 6. The number of fused-ring (bicyclic) bond motifs is 4. The van der Waals surface area contributed by atoms with Gasteiger partial charge in [-0.2, -0.15) is 0 Å². The number of esters is 1. The van der Waals surface area contributed by atoms with Gasteiger partial charge in [0.25, 0.3) is 0 Å². The van der Waals surface area contributed by atoms with Crippen LogP contribution in [0, 0.1) is 5.92 Å². The van der Waals surface area contributed by atoms with Gasteiger partial charge in [0.1, 0.15) is 41.0 Å². The molecular formula is C38H39NO13. The van der Waals surface area contributed by atoms with Gasteiger partial charge in [-0.1, -0.05) is 24.3 Å². The van der Waals surface area contributed by atoms with Crippen LogP contribution in [-0.2, 0) is 35.7 Å². The van der Waals surface area contributed by atoms with Crippen LogP contribution in [0.1, 0.15) is 89.9 Å². The number of carbonyl (C=O) groups excluding carboxylic acids is 3. The zero-order valence-corrected chi connectivity index (χ0v) is 28.6. The van der Waals surface area contributed by atoms with E-state index >= 15 is 9.59 Å². The lowest BCUT2D eigenvalue weighted by Crippen LogP contribution is -2.70. The van der Waals surface area contributed by atoms with Crippen molar-refractivity contribution in [2.75, 3.05) is 0 Å². The number of nitrogens with one attached hydrogen (secondary N) is 1. The molecule has 0 amide bonds. The predicted molar refractivity (Wildman–Crippen MR) is 181 cm³/mol. The smallest absolute Gasteiger partial charge is 0.307 e. The van der Waals surface area contributed by atoms with Gasteiger partial charge >= 0.3 is 17.9 Å². The standard InChI is InChI=1S/C38H39NO13/c1-15(40)23-7-8-24(39-23)21-5-9-25(42)32-31(21)34(48)33-36-27(14-29(46)47)50-16(2)38(33,37(32)49)22-6-4-19-10-18(12-26(43)30(19)35(22)52-36)11-20(13-28(44)45)51-17(3)41/h4-6,9-10,12,15-16,20,23-24,27,33,36,39-40,42-43H,7-8,11,13-14H2,1-3H3,(H,44,45)(H,46,47)/t15-,16+,20+,23+,24-,27+,33-,36-,38+/m1/s1. The fourth-order valence-corrected chi connectivity index (χ4v) is 9.02. The number of hydrogen-bond acceptors (Lipinski definition) is 12. The van der Waals surface area contributed by atoms with E-state index in [2.05, 4.69) is 5.32 Å². The SMILES string of the molecule is CC(=O)O[C@H](CC(=O)O)Cc1cc(O)c2c3c(ccc2c1)[C@]12C(=O)c4c(O)ccc([C@H]5CC[C@@H]([C@@H](C)O)N5)c4C(=O)[C@@H]1[C@H](O3)[C@H](CC(=O)O)O[C@H]2C. The fraction of sp³-hybridized carbons (Fsp3) is 0.447. The van der Waals surface area contributed by atoms with Gasteiger partial charge < -0.3 is 45.1 Å². The number of phenolic OH excluding ortho intramolecular Hbond substituents is 2. The van der Waals surface area contributed by atoms with E-state index in [1.807, 2.05) is 0 Å². The molecule has 0 aromatic heterocycles. The summed E-state index contributed by atoms with van der Waals surface area (Å²) in [5.74, 6) is -6.12. The average Bonchev–Trinajstić information content (AvgIpc) is 3.55. The minimum Gasteiger partial charge on any atom is -0.507 e. The Labute approximate surface area is 297 Å². The third-order valence-corrected chi connectivity index (χ3v) is 11.1. The van der Waals surface area contributed by atoms with Crippen LogP contribution in [0.15, 0.2) is 36.4 Å². The van der Waals surface area contributed by atoms with Gasteiger partial charge in [-0.05, 0) is 55.3 Å². The molecule has 3 aromatic carbocycles. The molecule has 0 radical (unpaired) electrons. The molecule has 6 N–H and O–H groups in total. The first-order chi connectivity index (χ1) is 24.6. The van der Waals surface area contributed by atoms with Crippen molar-refractivity contribution in [2.45, 2.75) is 101 Å². The molecule has 0 unspecified atom stereocenters. The molecule has 2 bridgehead atoms. The molecule has 0 spiro atoms. The summed E-state index contributed by atoms with van der Waals surface area (Å²) in [5, 5.41) is 56.2. The number of carboxylic acids is 2. The Morgan fingerprint density at radius 1 is 1.02 bits per heavy atom. The summed E-state index contributed by atoms with van der Waals surface area (Å²) < 4.78 is 18.0. The van der Waals surface area contributed by atoms with E-state index in [4.69, 9.17) is 14.2 Å². The van der Waals surface area contributed by atoms with E-state index in [1.165, 1.54) is 12.1 Å². The van der Waals surface area contributed by atoms with Gasteiger partial charge in [0.15, 0.2) is 11.6 Å². The van der Waals surface area contributed by atoms with Crippen molar-refractivity contribution in [2.24, 2.45) is 5.92 Å². The lowest BCUT2D eigenvalue weighted by molar-refractivity contribution is -0.174. The number of aliphatic carboxylic acids is 2. The van der Waals surface area contributed by atoms with Gasteiger partial charge in [0.2, 0.25) is 0 Å². The van der Waals surface area contributed by atoms with Gasteiger partial charge in [0, 0.05) is 36.6 Å². The molecule has 2 fully saturated rings. The van der Waals surface area contributed by atoms with Crippen molar-refractivity contribution < 1.29 is 63.7 Å². The van der Waals surface area contributed by atoms with Gasteiger partial charge in [-0.15, -0.1) is 0 Å². The molecule has 14 heteroatoms. The molecule has 3 heterocycles. The minimum atomic E-state index is -1.79. The van der Waals surface area contributed by atoms with Crippen LogP contribution < -0.4 is 10.1 Å². The Kier molecular flexibility index (Phi) is 8.75. The Morgan fingerprint density at radius 2 is 1.77 bits per heavy atom. The molecular weight excluding hydrogens is 678 g/mol. The summed E-state index contributed by atoms with van der Waals surface area (Å²) in [5.41, 5.74) is -0.814. The molecule has 14 nitrogen and oxygen atoms in total. The van der Waals surface area contributed by atoms with Crippen molar-refractivity contribution in [1.82, 2.24) is 5.32 Å². The largest absolute Gasteiger partial charge is 0.507 e. The van der Waals surface area contributed by atoms with Gasteiger partial charge in [-0.3, -0.25) is 24.0 Å². The number of Topliss-reactive ketones (excluding diaryl/α,β-unsaturated/α-hetero) is 2. The highest BCUT2D eigenvalue weighted by Crippen LogP contribution is 2.60. The van der Waals surface area contributed by atoms with Crippen LogP contribution in [0.3, 0.4) is 0 Å². The summed E-state index contributed by atoms with van der Waals surface area (Å²) >= 11 is 0. The van der Waals surface area contributed by atoms with Crippen molar-refractivity contribution in [3.63, 3.8) is 0 Å². The summed E-state index contributed by atoms with van der Waals surface area (Å²) in [6, 6.07) is 8.52. The van der Waals surface area contributed by atoms with Crippen LogP contribution in [0.2, 0.25) is 0 Å².